The van der Waals surface area contributed by atoms with E-state index < -0.39 is 4.92 Å². The first-order valence-corrected chi connectivity index (χ1v) is 10.5. The maximum atomic E-state index is 13.1. The number of likely N-dealkylation sites (N-methyl/N-ethyl adjacent to an activating group) is 1. The van der Waals surface area contributed by atoms with Crippen molar-refractivity contribution in [2.75, 3.05) is 34.3 Å². The predicted molar refractivity (Wildman–Crippen MR) is 131 cm³/mol. The molecule has 1 saturated heterocycles. The number of hydrogen-bond acceptors (Lipinski definition) is 7. The van der Waals surface area contributed by atoms with Gasteiger partial charge in [0, 0.05) is 19.2 Å². The van der Waals surface area contributed by atoms with E-state index in [1.807, 2.05) is 31.1 Å². The Morgan fingerprint density at radius 1 is 1.25 bits per heavy atom. The van der Waals surface area contributed by atoms with Crippen LogP contribution in [0.5, 0.6) is 5.75 Å². The van der Waals surface area contributed by atoms with Crippen molar-refractivity contribution >= 4 is 64.3 Å². The van der Waals surface area contributed by atoms with Gasteiger partial charge < -0.3 is 9.64 Å². The van der Waals surface area contributed by atoms with Crippen LogP contribution in [0.3, 0.4) is 0 Å². The summed E-state index contributed by atoms with van der Waals surface area (Å²) in [4.78, 5) is 32.3. The number of benzene rings is 2. The molecule has 0 bridgehead atoms. The lowest BCUT2D eigenvalue weighted by Crippen LogP contribution is -2.35. The summed E-state index contributed by atoms with van der Waals surface area (Å²) in [5.41, 5.74) is 1.00. The molecule has 32 heavy (non-hydrogen) atoms. The molecule has 0 atom stereocenters. The van der Waals surface area contributed by atoms with Gasteiger partial charge in [-0.3, -0.25) is 19.8 Å². The number of ether oxygens (including phenoxy) is 1. The van der Waals surface area contributed by atoms with E-state index in [4.69, 9.17) is 16.3 Å². The molecule has 8 nitrogen and oxygen atoms in total. The number of rotatable bonds is 7. The average Bonchev–Trinajstić information content (AvgIpc) is 3.02. The number of methoxy groups -OCH3 is 1. The number of amides is 1. The van der Waals surface area contributed by atoms with Crippen LogP contribution in [0, 0.1) is 10.1 Å². The predicted octanol–water partition coefficient (Wildman–Crippen LogP) is 4.84. The van der Waals surface area contributed by atoms with Gasteiger partial charge in [-0.1, -0.05) is 17.7 Å². The van der Waals surface area contributed by atoms with Crippen LogP contribution in [0.4, 0.5) is 11.4 Å². The highest BCUT2D eigenvalue weighted by atomic mass is 35.5. The first-order valence-electron chi connectivity index (χ1n) is 9.31. The van der Waals surface area contributed by atoms with Gasteiger partial charge in [0.1, 0.15) is 10.8 Å². The fraction of sp³-hybridized carbons (Fsp3) is 0.238. The van der Waals surface area contributed by atoms with Gasteiger partial charge >= 0.3 is 0 Å². The molecule has 1 amide bonds. The summed E-state index contributed by atoms with van der Waals surface area (Å²) in [5, 5.41) is 11.8. The molecule has 0 aliphatic carbocycles. The van der Waals surface area contributed by atoms with Crippen molar-refractivity contribution < 1.29 is 14.5 Å². The quantitative estimate of drug-likeness (QED) is 0.309. The lowest BCUT2D eigenvalue weighted by Gasteiger charge is -2.18. The molecule has 3 rings (SSSR count). The Bertz CT molecular complexity index is 1060. The molecule has 1 fully saturated rings. The maximum Gasteiger partial charge on any atom is 0.288 e. The van der Waals surface area contributed by atoms with Crippen LogP contribution in [-0.4, -0.2) is 60.1 Å². The Morgan fingerprint density at radius 2 is 1.94 bits per heavy atom. The third-order valence-electron chi connectivity index (χ3n) is 4.42. The molecular formula is C21H22Cl2N4O4S. The number of carbonyl (C=O) groups is 1. The first kappa shape index (κ1) is 25.7. The maximum absolute atomic E-state index is 13.1. The molecule has 0 unspecified atom stereocenters. The van der Waals surface area contributed by atoms with Gasteiger partial charge in [-0.25, -0.2) is 4.99 Å². The third kappa shape index (κ3) is 6.23. The van der Waals surface area contributed by atoms with Crippen molar-refractivity contribution in [3.63, 3.8) is 0 Å². The van der Waals surface area contributed by atoms with Gasteiger partial charge in [0.25, 0.3) is 11.6 Å². The zero-order valence-electron chi connectivity index (χ0n) is 17.6. The molecule has 0 aromatic heterocycles. The van der Waals surface area contributed by atoms with Gasteiger partial charge in [0.05, 0.1) is 22.6 Å². The molecule has 0 saturated carbocycles. The molecule has 1 aliphatic heterocycles. The van der Waals surface area contributed by atoms with Crippen molar-refractivity contribution in [1.29, 1.82) is 0 Å². The second kappa shape index (κ2) is 11.3. The van der Waals surface area contributed by atoms with Gasteiger partial charge in [-0.05, 0) is 67.8 Å². The van der Waals surface area contributed by atoms with Crippen LogP contribution in [0.25, 0.3) is 6.08 Å². The van der Waals surface area contributed by atoms with Crippen LogP contribution < -0.4 is 4.74 Å². The Labute approximate surface area is 201 Å². The number of carbonyl (C=O) groups excluding carboxylic acids is 1. The highest BCUT2D eigenvalue weighted by Crippen LogP contribution is 2.35. The second-order valence-corrected chi connectivity index (χ2v) is 8.35. The zero-order valence-corrected chi connectivity index (χ0v) is 20.0. The molecule has 2 aromatic carbocycles. The van der Waals surface area contributed by atoms with Gasteiger partial charge in [-0.15, -0.1) is 12.4 Å². The van der Waals surface area contributed by atoms with Crippen molar-refractivity contribution in [3.8, 4) is 5.75 Å². The van der Waals surface area contributed by atoms with Crippen LogP contribution in [0.15, 0.2) is 52.4 Å². The topological polar surface area (TPSA) is 88.3 Å². The van der Waals surface area contributed by atoms with Crippen LogP contribution in [0.1, 0.15) is 5.56 Å². The van der Waals surface area contributed by atoms with Crippen molar-refractivity contribution in [1.82, 2.24) is 9.80 Å². The van der Waals surface area contributed by atoms with E-state index in [1.54, 1.807) is 36.3 Å². The van der Waals surface area contributed by atoms with E-state index in [0.29, 0.717) is 40.2 Å². The van der Waals surface area contributed by atoms with E-state index in [1.165, 1.54) is 23.9 Å². The molecular weight excluding hydrogens is 475 g/mol. The number of thioether (sulfide) groups is 1. The standard InChI is InChI=1S/C21H21ClN4O4S.ClH/c1-24(2)10-11-25-20(27)19(13-14-4-9-17(22)18(12-14)26(28)29)31-21(25)23-15-5-7-16(30-3)8-6-15;/h4-9,12-13H,10-11H2,1-3H3;1H/b19-13-,23-21?;. The second-order valence-electron chi connectivity index (χ2n) is 6.93. The summed E-state index contributed by atoms with van der Waals surface area (Å²) in [7, 11) is 5.45. The number of nitro benzene ring substituents is 1. The average molecular weight is 497 g/mol. The van der Waals surface area contributed by atoms with Crippen LogP contribution in [0.2, 0.25) is 5.02 Å². The van der Waals surface area contributed by atoms with Crippen LogP contribution >= 0.6 is 35.8 Å². The number of aliphatic imine (C=N–C) groups is 1. The molecule has 11 heteroatoms. The largest absolute Gasteiger partial charge is 0.497 e. The third-order valence-corrected chi connectivity index (χ3v) is 5.75. The first-order chi connectivity index (χ1) is 14.8. The highest BCUT2D eigenvalue weighted by molar-refractivity contribution is 8.18. The van der Waals surface area contributed by atoms with Gasteiger partial charge in [0.2, 0.25) is 0 Å². The molecule has 170 valence electrons. The number of nitro groups is 1. The number of hydrogen-bond donors (Lipinski definition) is 0. The molecule has 0 N–H and O–H groups in total. The number of nitrogens with zero attached hydrogens (tertiary/aromatic N) is 4. The summed E-state index contributed by atoms with van der Waals surface area (Å²) in [6, 6.07) is 11.7. The smallest absolute Gasteiger partial charge is 0.288 e. The Balaban J connectivity index is 0.00000363. The summed E-state index contributed by atoms with van der Waals surface area (Å²) < 4.78 is 5.17. The van der Waals surface area contributed by atoms with Gasteiger partial charge in [-0.2, -0.15) is 0 Å². The van der Waals surface area contributed by atoms with Crippen molar-refractivity contribution in [2.24, 2.45) is 4.99 Å². The monoisotopic (exact) mass is 496 g/mol. The fourth-order valence-electron chi connectivity index (χ4n) is 2.77. The summed E-state index contributed by atoms with van der Waals surface area (Å²) >= 11 is 7.12. The minimum absolute atomic E-state index is 0. The van der Waals surface area contributed by atoms with Crippen molar-refractivity contribution in [3.05, 3.63) is 68.1 Å². The lowest BCUT2D eigenvalue weighted by molar-refractivity contribution is -0.384. The molecule has 2 aromatic rings. The van der Waals surface area contributed by atoms with E-state index in [2.05, 4.69) is 4.99 Å². The van der Waals surface area contributed by atoms with E-state index in [-0.39, 0.29) is 29.0 Å². The van der Waals surface area contributed by atoms with E-state index in [9.17, 15) is 14.9 Å². The molecule has 0 radical (unpaired) electrons. The summed E-state index contributed by atoms with van der Waals surface area (Å²) in [5.74, 6) is 0.519. The van der Waals surface area contributed by atoms with E-state index >= 15 is 0 Å². The highest BCUT2D eigenvalue weighted by Gasteiger charge is 2.33. The minimum Gasteiger partial charge on any atom is -0.497 e. The number of halogens is 2. The normalized spacial score (nSPS) is 16.0. The van der Waals surface area contributed by atoms with Crippen molar-refractivity contribution in [2.45, 2.75) is 0 Å². The zero-order chi connectivity index (χ0) is 22.5. The Hall–Kier alpha value is -2.59. The molecule has 1 heterocycles. The molecule has 1 aliphatic rings. The van der Waals surface area contributed by atoms with E-state index in [0.717, 1.165) is 0 Å². The van der Waals surface area contributed by atoms with Gasteiger partial charge in [0.15, 0.2) is 5.17 Å². The fourth-order valence-corrected chi connectivity index (χ4v) is 3.98. The summed E-state index contributed by atoms with van der Waals surface area (Å²) in [6.45, 7) is 1.12. The number of amidine groups is 1. The summed E-state index contributed by atoms with van der Waals surface area (Å²) in [6.07, 6.45) is 1.62. The minimum atomic E-state index is -0.548. The Kier molecular flexibility index (Phi) is 9.09. The Morgan fingerprint density at radius 3 is 2.53 bits per heavy atom. The van der Waals surface area contributed by atoms with Crippen LogP contribution in [-0.2, 0) is 4.79 Å². The molecule has 0 spiro atoms. The SMILES string of the molecule is COc1ccc(N=C2S/C(=C\c3ccc(Cl)c([N+](=O)[O-])c3)C(=O)N2CCN(C)C)cc1.Cl. The lowest BCUT2D eigenvalue weighted by atomic mass is 10.2.